The summed E-state index contributed by atoms with van der Waals surface area (Å²) in [5, 5.41) is 0. The molecule has 0 saturated carbocycles. The van der Waals surface area contributed by atoms with E-state index in [2.05, 4.69) is 26.0 Å². The first-order valence-corrected chi connectivity index (χ1v) is 13.0. The Balaban J connectivity index is 1.56. The molecule has 0 N–H and O–H groups in total. The largest absolute Gasteiger partial charge is 0.203 e. The van der Waals surface area contributed by atoms with Gasteiger partial charge in [0.2, 0.25) is 0 Å². The van der Waals surface area contributed by atoms with Crippen LogP contribution in [0.4, 0.5) is 8.78 Å². The lowest BCUT2D eigenvalue weighted by Crippen LogP contribution is -2.09. The number of unbranched alkanes of at least 4 members (excludes halogenated alkanes) is 5. The lowest BCUT2D eigenvalue weighted by Gasteiger charge is -2.24. The third-order valence-corrected chi connectivity index (χ3v) is 7.48. The van der Waals surface area contributed by atoms with Crippen molar-refractivity contribution in [2.75, 3.05) is 0 Å². The summed E-state index contributed by atoms with van der Waals surface area (Å²) >= 11 is 0. The van der Waals surface area contributed by atoms with E-state index in [9.17, 15) is 4.39 Å². The molecule has 0 radical (unpaired) electrons. The summed E-state index contributed by atoms with van der Waals surface area (Å²) < 4.78 is 30.0. The molecular weight excluding hydrogens is 386 g/mol. The van der Waals surface area contributed by atoms with Crippen LogP contribution >= 0.6 is 0 Å². The van der Waals surface area contributed by atoms with Crippen LogP contribution in [0.1, 0.15) is 121 Å². The Morgan fingerprint density at radius 3 is 1.68 bits per heavy atom. The molecule has 3 rings (SSSR count). The minimum atomic E-state index is -0.646. The van der Waals surface area contributed by atoms with Gasteiger partial charge in [-0.2, -0.15) is 0 Å². The number of benzene rings is 1. The Bertz CT molecular complexity index is 758. The maximum Gasteiger partial charge on any atom is 0.166 e. The van der Waals surface area contributed by atoms with Gasteiger partial charge in [0.15, 0.2) is 11.6 Å². The average Bonchev–Trinajstić information content (AvgIpc) is 2.79. The first kappa shape index (κ1) is 24.2. The fourth-order valence-corrected chi connectivity index (χ4v) is 5.46. The zero-order chi connectivity index (χ0) is 22.1. The van der Waals surface area contributed by atoms with Crippen molar-refractivity contribution < 1.29 is 8.78 Å². The van der Waals surface area contributed by atoms with Gasteiger partial charge < -0.3 is 0 Å². The monoisotopic (exact) mass is 428 g/mol. The topological polar surface area (TPSA) is 0 Å². The Kier molecular flexibility index (Phi) is 9.81. The predicted molar refractivity (Wildman–Crippen MR) is 130 cm³/mol. The molecule has 0 aliphatic heterocycles. The number of hydrogen-bond acceptors (Lipinski definition) is 0. The number of allylic oxidation sites excluding steroid dienone is 4. The maximum atomic E-state index is 15.0. The molecule has 0 amide bonds. The molecule has 0 saturated heterocycles. The van der Waals surface area contributed by atoms with Crippen LogP contribution in [0.3, 0.4) is 0 Å². The first-order chi connectivity index (χ1) is 15.1. The fraction of sp³-hybridized carbons (Fsp3) is 0.655. The summed E-state index contributed by atoms with van der Waals surface area (Å²) in [6.45, 7) is 4.47. The van der Waals surface area contributed by atoms with Crippen LogP contribution < -0.4 is 0 Å². The highest BCUT2D eigenvalue weighted by molar-refractivity contribution is 5.72. The van der Waals surface area contributed by atoms with E-state index in [0.29, 0.717) is 23.0 Å². The van der Waals surface area contributed by atoms with E-state index < -0.39 is 11.6 Å². The zero-order valence-corrected chi connectivity index (χ0v) is 19.8. The molecule has 2 aliphatic rings. The van der Waals surface area contributed by atoms with Crippen LogP contribution in [-0.4, -0.2) is 0 Å². The highest BCUT2D eigenvalue weighted by Crippen LogP contribution is 2.38. The van der Waals surface area contributed by atoms with Crippen molar-refractivity contribution in [1.29, 1.82) is 0 Å². The molecule has 2 atom stereocenters. The molecule has 2 unspecified atom stereocenters. The Morgan fingerprint density at radius 1 is 0.677 bits per heavy atom. The lowest BCUT2D eigenvalue weighted by molar-refractivity contribution is 0.422. The highest BCUT2D eigenvalue weighted by Gasteiger charge is 2.23. The van der Waals surface area contributed by atoms with E-state index in [1.54, 1.807) is 0 Å². The molecule has 1 aromatic carbocycles. The summed E-state index contributed by atoms with van der Waals surface area (Å²) in [4.78, 5) is 0. The zero-order valence-electron chi connectivity index (χ0n) is 19.8. The van der Waals surface area contributed by atoms with Crippen LogP contribution in [-0.2, 0) is 0 Å². The summed E-state index contributed by atoms with van der Waals surface area (Å²) in [5.74, 6) is 0.130. The fourth-order valence-electron chi connectivity index (χ4n) is 5.46. The van der Waals surface area contributed by atoms with E-state index in [-0.39, 0.29) is 0 Å². The van der Waals surface area contributed by atoms with Crippen molar-refractivity contribution in [3.63, 3.8) is 0 Å². The second-order valence-electron chi connectivity index (χ2n) is 9.87. The van der Waals surface area contributed by atoms with E-state index in [1.807, 2.05) is 12.1 Å². The quantitative estimate of drug-likeness (QED) is 0.308. The Hall–Kier alpha value is -1.44. The van der Waals surface area contributed by atoms with E-state index in [0.717, 1.165) is 49.7 Å². The summed E-state index contributed by atoms with van der Waals surface area (Å²) in [6, 6.07) is 3.65. The second-order valence-corrected chi connectivity index (χ2v) is 9.87. The summed E-state index contributed by atoms with van der Waals surface area (Å²) in [7, 11) is 0. The molecular formula is C29H42F2. The van der Waals surface area contributed by atoms with E-state index in [1.165, 1.54) is 57.8 Å². The number of hydrogen-bond donors (Lipinski definition) is 0. The molecule has 172 valence electrons. The van der Waals surface area contributed by atoms with Crippen molar-refractivity contribution in [3.8, 4) is 0 Å². The molecule has 0 nitrogen and oxygen atoms in total. The van der Waals surface area contributed by atoms with Gasteiger partial charge in [-0.05, 0) is 61.5 Å². The number of rotatable bonds is 11. The standard InChI is InChI=1S/C29H42F2/c1-3-5-6-7-8-9-11-23-14-18-25(19-15-23)27-21-20-26(28(30)29(27)31)24-16-12-22(10-4-2)13-17-24/h16,18,20-23H,3-15,17,19H2,1-2H3. The van der Waals surface area contributed by atoms with Gasteiger partial charge in [-0.25, -0.2) is 8.78 Å². The lowest BCUT2D eigenvalue weighted by atomic mass is 9.82. The molecule has 2 aliphatic carbocycles. The van der Waals surface area contributed by atoms with Crippen molar-refractivity contribution in [2.24, 2.45) is 11.8 Å². The SMILES string of the molecule is CCCCCCCCC1CC=C(c2ccc(C3=CCC(CCC)CC3)c(F)c2F)CC1. The third-order valence-electron chi connectivity index (χ3n) is 7.48. The summed E-state index contributed by atoms with van der Waals surface area (Å²) in [5.41, 5.74) is 2.96. The van der Waals surface area contributed by atoms with Gasteiger partial charge in [-0.3, -0.25) is 0 Å². The minimum Gasteiger partial charge on any atom is -0.203 e. The molecule has 0 heterocycles. The van der Waals surface area contributed by atoms with Gasteiger partial charge in [0.25, 0.3) is 0 Å². The smallest absolute Gasteiger partial charge is 0.166 e. The van der Waals surface area contributed by atoms with Crippen LogP contribution in [0.25, 0.3) is 11.1 Å². The third kappa shape index (κ3) is 6.77. The van der Waals surface area contributed by atoms with Crippen molar-refractivity contribution in [1.82, 2.24) is 0 Å². The van der Waals surface area contributed by atoms with Gasteiger partial charge in [-0.1, -0.05) is 95.9 Å². The van der Waals surface area contributed by atoms with E-state index in [4.69, 9.17) is 0 Å². The van der Waals surface area contributed by atoms with Crippen LogP contribution in [0.2, 0.25) is 0 Å². The first-order valence-electron chi connectivity index (χ1n) is 13.0. The predicted octanol–water partition coefficient (Wildman–Crippen LogP) is 9.88. The van der Waals surface area contributed by atoms with Gasteiger partial charge >= 0.3 is 0 Å². The van der Waals surface area contributed by atoms with Crippen molar-refractivity contribution in [3.05, 3.63) is 47.0 Å². The van der Waals surface area contributed by atoms with Gasteiger partial charge in [0.1, 0.15) is 0 Å². The molecule has 0 fully saturated rings. The van der Waals surface area contributed by atoms with E-state index >= 15 is 4.39 Å². The molecule has 0 aromatic heterocycles. The van der Waals surface area contributed by atoms with Gasteiger partial charge in [0, 0.05) is 11.1 Å². The Labute approximate surface area is 189 Å². The van der Waals surface area contributed by atoms with Crippen molar-refractivity contribution in [2.45, 2.75) is 110 Å². The molecule has 0 bridgehead atoms. The van der Waals surface area contributed by atoms with Crippen molar-refractivity contribution >= 4 is 11.1 Å². The molecule has 31 heavy (non-hydrogen) atoms. The average molecular weight is 429 g/mol. The van der Waals surface area contributed by atoms with Crippen LogP contribution in [0.15, 0.2) is 24.3 Å². The Morgan fingerprint density at radius 2 is 1.19 bits per heavy atom. The van der Waals surface area contributed by atoms with Crippen LogP contribution in [0.5, 0.6) is 0 Å². The maximum absolute atomic E-state index is 15.0. The minimum absolute atomic E-state index is 0.480. The van der Waals surface area contributed by atoms with Gasteiger partial charge in [-0.15, -0.1) is 0 Å². The van der Waals surface area contributed by atoms with Crippen LogP contribution in [0, 0.1) is 23.5 Å². The normalized spacial score (nSPS) is 21.7. The van der Waals surface area contributed by atoms with Gasteiger partial charge in [0.05, 0.1) is 0 Å². The molecule has 2 heteroatoms. The summed E-state index contributed by atoms with van der Waals surface area (Å²) in [6.07, 6.45) is 22.0. The second kappa shape index (κ2) is 12.6. The highest BCUT2D eigenvalue weighted by atomic mass is 19.2. The molecule has 0 spiro atoms. The molecule has 1 aromatic rings. The number of halogens is 2.